The third-order valence-electron chi connectivity index (χ3n) is 2.33. The molecule has 19 heavy (non-hydrogen) atoms. The van der Waals surface area contributed by atoms with Crippen molar-refractivity contribution in [2.24, 2.45) is 7.05 Å². The largest absolute Gasteiger partial charge is 0.496 e. The molecule has 1 aromatic heterocycles. The van der Waals surface area contributed by atoms with E-state index in [1.54, 1.807) is 19.2 Å². The second-order valence-corrected chi connectivity index (χ2v) is 3.73. The van der Waals surface area contributed by atoms with Crippen LogP contribution in [0, 0.1) is 0 Å². The number of nitrogens with zero attached hydrogens (tertiary/aromatic N) is 4. The molecule has 0 spiro atoms. The van der Waals surface area contributed by atoms with E-state index in [0.29, 0.717) is 17.3 Å². The Labute approximate surface area is 109 Å². The van der Waals surface area contributed by atoms with E-state index in [0.717, 1.165) is 0 Å². The Morgan fingerprint density at radius 2 is 2.26 bits per heavy atom. The van der Waals surface area contributed by atoms with Gasteiger partial charge in [0, 0.05) is 5.69 Å². The highest BCUT2D eigenvalue weighted by atomic mass is 16.5. The number of aryl methyl sites for hydroxylation is 1. The predicted molar refractivity (Wildman–Crippen MR) is 65.3 cm³/mol. The van der Waals surface area contributed by atoms with Crippen LogP contribution in [0.4, 0.5) is 5.69 Å². The lowest BCUT2D eigenvalue weighted by atomic mass is 10.2. The van der Waals surface area contributed by atoms with Crippen molar-refractivity contribution in [2.75, 3.05) is 12.8 Å². The van der Waals surface area contributed by atoms with Crippen molar-refractivity contribution in [2.45, 2.75) is 6.61 Å². The molecule has 0 unspecified atom stereocenters. The lowest BCUT2D eigenvalue weighted by molar-refractivity contribution is 0.0458. The fourth-order valence-electron chi connectivity index (χ4n) is 1.47. The van der Waals surface area contributed by atoms with Crippen LogP contribution in [-0.2, 0) is 18.4 Å². The minimum atomic E-state index is -0.559. The van der Waals surface area contributed by atoms with Crippen molar-refractivity contribution < 1.29 is 14.3 Å². The number of carbonyl (C=O) groups is 1. The molecule has 8 nitrogen and oxygen atoms in total. The highest BCUT2D eigenvalue weighted by Crippen LogP contribution is 2.22. The van der Waals surface area contributed by atoms with Gasteiger partial charge < -0.3 is 15.2 Å². The summed E-state index contributed by atoms with van der Waals surface area (Å²) in [4.78, 5) is 13.2. The first kappa shape index (κ1) is 12.8. The van der Waals surface area contributed by atoms with Gasteiger partial charge in [-0.15, -0.1) is 10.2 Å². The molecular formula is C11H13N5O3. The highest BCUT2D eigenvalue weighted by Gasteiger charge is 2.15. The molecular weight excluding hydrogens is 250 g/mol. The van der Waals surface area contributed by atoms with Crippen LogP contribution in [0.1, 0.15) is 16.2 Å². The fourth-order valence-corrected chi connectivity index (χ4v) is 1.47. The zero-order valence-corrected chi connectivity index (χ0v) is 10.5. The number of benzene rings is 1. The van der Waals surface area contributed by atoms with Crippen molar-refractivity contribution in [1.29, 1.82) is 0 Å². The molecule has 0 aliphatic heterocycles. The van der Waals surface area contributed by atoms with Gasteiger partial charge in [-0.2, -0.15) is 4.80 Å². The van der Waals surface area contributed by atoms with Crippen LogP contribution in [0.2, 0.25) is 0 Å². The zero-order valence-electron chi connectivity index (χ0n) is 10.5. The SMILES string of the molecule is COc1ccc(N)cc1C(=O)OCc1nnn(C)n1. The summed E-state index contributed by atoms with van der Waals surface area (Å²) in [5.74, 6) is 0.154. The highest BCUT2D eigenvalue weighted by molar-refractivity contribution is 5.93. The van der Waals surface area contributed by atoms with Crippen molar-refractivity contribution in [3.63, 3.8) is 0 Å². The molecule has 0 atom stereocenters. The summed E-state index contributed by atoms with van der Waals surface area (Å²) in [5.41, 5.74) is 6.33. The summed E-state index contributed by atoms with van der Waals surface area (Å²) in [6, 6.07) is 4.73. The smallest absolute Gasteiger partial charge is 0.342 e. The number of tetrazole rings is 1. The minimum absolute atomic E-state index is 0.0649. The number of hydrogen-bond donors (Lipinski definition) is 1. The van der Waals surface area contributed by atoms with Crippen molar-refractivity contribution in [3.05, 3.63) is 29.6 Å². The van der Waals surface area contributed by atoms with E-state index in [9.17, 15) is 4.79 Å². The molecule has 0 aliphatic rings. The van der Waals surface area contributed by atoms with E-state index < -0.39 is 5.97 Å². The second-order valence-electron chi connectivity index (χ2n) is 3.73. The van der Waals surface area contributed by atoms with E-state index in [2.05, 4.69) is 15.4 Å². The van der Waals surface area contributed by atoms with E-state index in [1.807, 2.05) is 0 Å². The summed E-state index contributed by atoms with van der Waals surface area (Å²) in [6.45, 7) is -0.0649. The van der Waals surface area contributed by atoms with Crippen LogP contribution in [0.3, 0.4) is 0 Å². The summed E-state index contributed by atoms with van der Waals surface area (Å²) < 4.78 is 10.1. The second kappa shape index (κ2) is 5.34. The van der Waals surface area contributed by atoms with E-state index >= 15 is 0 Å². The van der Waals surface area contributed by atoms with Gasteiger partial charge in [-0.25, -0.2) is 4.79 Å². The Bertz CT molecular complexity index is 596. The van der Waals surface area contributed by atoms with Crippen molar-refractivity contribution in [3.8, 4) is 5.75 Å². The van der Waals surface area contributed by atoms with Crippen molar-refractivity contribution >= 4 is 11.7 Å². The maximum absolute atomic E-state index is 11.9. The fraction of sp³-hybridized carbons (Fsp3) is 0.273. The van der Waals surface area contributed by atoms with Crippen molar-refractivity contribution in [1.82, 2.24) is 20.2 Å². The quantitative estimate of drug-likeness (QED) is 0.618. The van der Waals surface area contributed by atoms with E-state index in [4.69, 9.17) is 15.2 Å². The lowest BCUT2D eigenvalue weighted by Crippen LogP contribution is -2.08. The predicted octanol–water partition coefficient (Wildman–Crippen LogP) is 0.158. The van der Waals surface area contributed by atoms with Gasteiger partial charge in [0.2, 0.25) is 5.82 Å². The lowest BCUT2D eigenvalue weighted by Gasteiger charge is -2.08. The number of nitrogen functional groups attached to an aromatic ring is 1. The molecule has 2 aromatic rings. The number of nitrogens with two attached hydrogens (primary N) is 1. The van der Waals surface area contributed by atoms with Crippen LogP contribution >= 0.6 is 0 Å². The number of ether oxygens (including phenoxy) is 2. The molecule has 2 rings (SSSR count). The van der Waals surface area contributed by atoms with Gasteiger partial charge in [0.05, 0.1) is 14.2 Å². The Hall–Kier alpha value is -2.64. The summed E-state index contributed by atoms with van der Waals surface area (Å²) in [7, 11) is 3.09. The molecule has 1 heterocycles. The zero-order chi connectivity index (χ0) is 13.8. The number of rotatable bonds is 4. The molecule has 0 radical (unpaired) electrons. The van der Waals surface area contributed by atoms with Gasteiger partial charge in [0.15, 0.2) is 6.61 Å². The van der Waals surface area contributed by atoms with Gasteiger partial charge in [-0.05, 0) is 23.4 Å². The molecule has 0 bridgehead atoms. The molecule has 0 saturated carbocycles. The monoisotopic (exact) mass is 263 g/mol. The number of carbonyl (C=O) groups excluding carboxylic acids is 1. The molecule has 1 aromatic carbocycles. The van der Waals surface area contributed by atoms with E-state index in [1.165, 1.54) is 18.0 Å². The molecule has 0 aliphatic carbocycles. The summed E-state index contributed by atoms with van der Waals surface area (Å²) in [6.07, 6.45) is 0. The van der Waals surface area contributed by atoms with Gasteiger partial charge >= 0.3 is 5.97 Å². The van der Waals surface area contributed by atoms with Gasteiger partial charge in [0.25, 0.3) is 0 Å². The molecule has 0 fully saturated rings. The maximum Gasteiger partial charge on any atom is 0.342 e. The Balaban J connectivity index is 2.09. The van der Waals surface area contributed by atoms with Gasteiger partial charge in [-0.3, -0.25) is 0 Å². The molecule has 0 saturated heterocycles. The molecule has 0 amide bonds. The average molecular weight is 263 g/mol. The normalized spacial score (nSPS) is 10.2. The van der Waals surface area contributed by atoms with Crippen LogP contribution in [0.15, 0.2) is 18.2 Å². The van der Waals surface area contributed by atoms with E-state index in [-0.39, 0.29) is 12.2 Å². The number of esters is 1. The third kappa shape index (κ3) is 2.97. The van der Waals surface area contributed by atoms with Crippen LogP contribution in [-0.4, -0.2) is 33.3 Å². The van der Waals surface area contributed by atoms with Gasteiger partial charge in [0.1, 0.15) is 11.3 Å². The Morgan fingerprint density at radius 3 is 2.89 bits per heavy atom. The standard InChI is InChI=1S/C11H13N5O3/c1-16-14-10(13-15-16)6-19-11(17)8-5-7(12)3-4-9(8)18-2/h3-5H,6,12H2,1-2H3. The van der Waals surface area contributed by atoms with Crippen LogP contribution in [0.5, 0.6) is 5.75 Å². The van der Waals surface area contributed by atoms with Crippen LogP contribution in [0.25, 0.3) is 0 Å². The number of anilines is 1. The minimum Gasteiger partial charge on any atom is -0.496 e. The summed E-state index contributed by atoms with van der Waals surface area (Å²) in [5, 5.41) is 11.2. The average Bonchev–Trinajstić information content (AvgIpc) is 2.81. The van der Waals surface area contributed by atoms with Gasteiger partial charge in [-0.1, -0.05) is 0 Å². The third-order valence-corrected chi connectivity index (χ3v) is 2.33. The topological polar surface area (TPSA) is 105 Å². The van der Waals surface area contributed by atoms with Crippen LogP contribution < -0.4 is 10.5 Å². The Morgan fingerprint density at radius 1 is 1.47 bits per heavy atom. The Kier molecular flexibility index (Phi) is 3.60. The summed E-state index contributed by atoms with van der Waals surface area (Å²) >= 11 is 0. The first-order valence-electron chi connectivity index (χ1n) is 5.43. The molecule has 2 N–H and O–H groups in total. The first-order valence-corrected chi connectivity index (χ1v) is 5.43. The molecule has 8 heteroatoms. The number of hydrogen-bond acceptors (Lipinski definition) is 7. The number of aromatic nitrogens is 4. The maximum atomic E-state index is 11.9. The molecule has 100 valence electrons. The first-order chi connectivity index (χ1) is 9.10. The number of methoxy groups -OCH3 is 1.